The standard InChI is InChI=1S/C24H25N3O3S/c1-16-6-7-19(23(28)27-12-13-31-15-27)22(25-16)17-8-10-26(11-9-17)24(29)21-14-18-4-2-3-5-20(18)30-21/h2-7,14,17H,8-13,15H2,1H3. The van der Waals surface area contributed by atoms with Gasteiger partial charge in [0.2, 0.25) is 0 Å². The fourth-order valence-electron chi connectivity index (χ4n) is 4.41. The van der Waals surface area contributed by atoms with Crippen molar-refractivity contribution in [3.05, 3.63) is 65.2 Å². The van der Waals surface area contributed by atoms with E-state index in [4.69, 9.17) is 9.40 Å². The number of thioether (sulfide) groups is 1. The summed E-state index contributed by atoms with van der Waals surface area (Å²) in [5.74, 6) is 2.30. The molecule has 2 amide bonds. The Balaban J connectivity index is 1.31. The van der Waals surface area contributed by atoms with Crippen molar-refractivity contribution >= 4 is 34.5 Å². The van der Waals surface area contributed by atoms with Gasteiger partial charge in [-0.05, 0) is 44.0 Å². The molecule has 2 aliphatic rings. The van der Waals surface area contributed by atoms with Crippen LogP contribution in [0.25, 0.3) is 11.0 Å². The second kappa shape index (κ2) is 8.38. The van der Waals surface area contributed by atoms with Gasteiger partial charge in [0, 0.05) is 42.4 Å². The quantitative estimate of drug-likeness (QED) is 0.614. The van der Waals surface area contributed by atoms with Crippen LogP contribution in [0.4, 0.5) is 0 Å². The van der Waals surface area contributed by atoms with Crippen molar-refractivity contribution in [2.24, 2.45) is 0 Å². The molecule has 0 bridgehead atoms. The largest absolute Gasteiger partial charge is 0.451 e. The molecule has 2 fully saturated rings. The van der Waals surface area contributed by atoms with E-state index in [-0.39, 0.29) is 17.7 Å². The number of hydrogen-bond acceptors (Lipinski definition) is 5. The minimum absolute atomic E-state index is 0.0720. The summed E-state index contributed by atoms with van der Waals surface area (Å²) in [4.78, 5) is 34.6. The molecule has 160 valence electrons. The molecule has 0 aliphatic carbocycles. The van der Waals surface area contributed by atoms with E-state index in [0.29, 0.717) is 18.8 Å². The summed E-state index contributed by atoms with van der Waals surface area (Å²) in [5.41, 5.74) is 3.25. The van der Waals surface area contributed by atoms with E-state index in [1.165, 1.54) is 0 Å². The summed E-state index contributed by atoms with van der Waals surface area (Å²) in [7, 11) is 0. The topological polar surface area (TPSA) is 66.7 Å². The summed E-state index contributed by atoms with van der Waals surface area (Å²) in [6.45, 7) is 4.01. The van der Waals surface area contributed by atoms with Crippen LogP contribution in [0.5, 0.6) is 0 Å². The maximum absolute atomic E-state index is 13.1. The third-order valence-corrected chi connectivity index (χ3v) is 7.10. The van der Waals surface area contributed by atoms with Crippen molar-refractivity contribution in [1.29, 1.82) is 0 Å². The number of piperidine rings is 1. The van der Waals surface area contributed by atoms with E-state index in [0.717, 1.165) is 58.9 Å². The lowest BCUT2D eigenvalue weighted by atomic mass is 9.89. The smallest absolute Gasteiger partial charge is 0.289 e. The minimum Gasteiger partial charge on any atom is -0.451 e. The zero-order valence-electron chi connectivity index (χ0n) is 17.5. The zero-order valence-corrected chi connectivity index (χ0v) is 18.4. The van der Waals surface area contributed by atoms with Crippen molar-refractivity contribution in [1.82, 2.24) is 14.8 Å². The number of aryl methyl sites for hydroxylation is 1. The third kappa shape index (κ3) is 3.94. The average Bonchev–Trinajstić information content (AvgIpc) is 3.48. The van der Waals surface area contributed by atoms with Crippen LogP contribution in [0.1, 0.15) is 51.1 Å². The number of hydrogen-bond donors (Lipinski definition) is 0. The van der Waals surface area contributed by atoms with Gasteiger partial charge in [-0.1, -0.05) is 18.2 Å². The van der Waals surface area contributed by atoms with Gasteiger partial charge in [0.15, 0.2) is 5.76 Å². The number of para-hydroxylation sites is 1. The Kier molecular flexibility index (Phi) is 5.44. The predicted molar refractivity (Wildman–Crippen MR) is 121 cm³/mol. The fourth-order valence-corrected chi connectivity index (χ4v) is 5.36. The molecular weight excluding hydrogens is 410 g/mol. The molecule has 5 rings (SSSR count). The van der Waals surface area contributed by atoms with Gasteiger partial charge in [-0.25, -0.2) is 0 Å². The molecule has 0 atom stereocenters. The van der Waals surface area contributed by atoms with Gasteiger partial charge in [-0.15, -0.1) is 11.8 Å². The van der Waals surface area contributed by atoms with Crippen molar-refractivity contribution in [3.63, 3.8) is 0 Å². The van der Waals surface area contributed by atoms with Crippen LogP contribution in [-0.4, -0.2) is 57.9 Å². The molecular formula is C24H25N3O3S. The first-order chi connectivity index (χ1) is 15.1. The van der Waals surface area contributed by atoms with E-state index in [1.54, 1.807) is 11.8 Å². The summed E-state index contributed by atoms with van der Waals surface area (Å²) in [6.07, 6.45) is 1.58. The molecule has 2 aromatic heterocycles. The van der Waals surface area contributed by atoms with Crippen LogP contribution >= 0.6 is 11.8 Å². The van der Waals surface area contributed by atoms with Gasteiger partial charge >= 0.3 is 0 Å². The summed E-state index contributed by atoms with van der Waals surface area (Å²) in [5, 5.41) is 0.938. The lowest BCUT2D eigenvalue weighted by molar-refractivity contribution is 0.0679. The first-order valence-electron chi connectivity index (χ1n) is 10.7. The van der Waals surface area contributed by atoms with Crippen LogP contribution in [0.15, 0.2) is 46.9 Å². The molecule has 1 aromatic carbocycles. The van der Waals surface area contributed by atoms with Crippen LogP contribution in [-0.2, 0) is 0 Å². The first-order valence-corrected chi connectivity index (χ1v) is 11.9. The van der Waals surface area contributed by atoms with Crippen LogP contribution in [0, 0.1) is 6.92 Å². The molecule has 0 saturated carbocycles. The minimum atomic E-state index is -0.0720. The fraction of sp³-hybridized carbons (Fsp3) is 0.375. The second-order valence-corrected chi connectivity index (χ2v) is 9.28. The number of benzene rings is 1. The second-order valence-electron chi connectivity index (χ2n) is 8.21. The Labute approximate surface area is 185 Å². The molecule has 31 heavy (non-hydrogen) atoms. The van der Waals surface area contributed by atoms with E-state index >= 15 is 0 Å². The Hall–Kier alpha value is -2.80. The van der Waals surface area contributed by atoms with Crippen molar-refractivity contribution in [2.75, 3.05) is 31.3 Å². The lowest BCUT2D eigenvalue weighted by Gasteiger charge is -2.32. The van der Waals surface area contributed by atoms with Crippen molar-refractivity contribution < 1.29 is 14.0 Å². The van der Waals surface area contributed by atoms with E-state index in [2.05, 4.69) is 0 Å². The van der Waals surface area contributed by atoms with Crippen LogP contribution in [0.3, 0.4) is 0 Å². The van der Waals surface area contributed by atoms with Crippen molar-refractivity contribution in [3.8, 4) is 0 Å². The molecule has 0 spiro atoms. The van der Waals surface area contributed by atoms with E-state index < -0.39 is 0 Å². The Morgan fingerprint density at radius 3 is 2.58 bits per heavy atom. The van der Waals surface area contributed by atoms with Crippen LogP contribution < -0.4 is 0 Å². The van der Waals surface area contributed by atoms with Gasteiger partial charge in [0.25, 0.3) is 11.8 Å². The molecule has 4 heterocycles. The number of nitrogens with zero attached hydrogens (tertiary/aromatic N) is 3. The highest BCUT2D eigenvalue weighted by Crippen LogP contribution is 2.32. The molecule has 2 aliphatic heterocycles. The first kappa shape index (κ1) is 20.1. The molecule has 6 nitrogen and oxygen atoms in total. The number of likely N-dealkylation sites (tertiary alicyclic amines) is 1. The molecule has 7 heteroatoms. The number of carbonyl (C=O) groups is 2. The van der Waals surface area contributed by atoms with Gasteiger partial charge in [-0.3, -0.25) is 14.6 Å². The molecule has 0 unspecified atom stereocenters. The highest BCUT2D eigenvalue weighted by Gasteiger charge is 2.31. The Morgan fingerprint density at radius 2 is 1.84 bits per heavy atom. The van der Waals surface area contributed by atoms with Gasteiger partial charge in [-0.2, -0.15) is 0 Å². The normalized spacial score (nSPS) is 17.5. The van der Waals surface area contributed by atoms with E-state index in [9.17, 15) is 9.59 Å². The maximum atomic E-state index is 13.1. The number of pyridine rings is 1. The number of fused-ring (bicyclic) bond motifs is 1. The summed E-state index contributed by atoms with van der Waals surface area (Å²) in [6, 6.07) is 13.3. The van der Waals surface area contributed by atoms with Gasteiger partial charge in [0.05, 0.1) is 17.1 Å². The maximum Gasteiger partial charge on any atom is 0.289 e. The number of furan rings is 1. The average molecular weight is 436 g/mol. The summed E-state index contributed by atoms with van der Waals surface area (Å²) < 4.78 is 5.76. The number of aromatic nitrogens is 1. The SMILES string of the molecule is Cc1ccc(C(=O)N2CCSC2)c(C2CCN(C(=O)c3cc4ccccc4o3)CC2)n1. The van der Waals surface area contributed by atoms with E-state index in [1.807, 2.05) is 59.2 Å². The summed E-state index contributed by atoms with van der Waals surface area (Å²) >= 11 is 1.78. The zero-order chi connectivity index (χ0) is 21.4. The van der Waals surface area contributed by atoms with Gasteiger partial charge < -0.3 is 14.2 Å². The van der Waals surface area contributed by atoms with Crippen molar-refractivity contribution in [2.45, 2.75) is 25.7 Å². The Morgan fingerprint density at radius 1 is 1.03 bits per heavy atom. The predicted octanol–water partition coefficient (Wildman–Crippen LogP) is 4.30. The highest BCUT2D eigenvalue weighted by atomic mass is 32.2. The number of rotatable bonds is 3. The third-order valence-electron chi connectivity index (χ3n) is 6.14. The molecule has 2 saturated heterocycles. The Bertz CT molecular complexity index is 1100. The number of carbonyl (C=O) groups excluding carboxylic acids is 2. The van der Waals surface area contributed by atoms with Crippen LogP contribution in [0.2, 0.25) is 0 Å². The molecule has 0 N–H and O–H groups in total. The molecule has 3 aromatic rings. The molecule has 0 radical (unpaired) electrons. The lowest BCUT2D eigenvalue weighted by Crippen LogP contribution is -2.38. The van der Waals surface area contributed by atoms with Gasteiger partial charge in [0.1, 0.15) is 5.58 Å². The monoisotopic (exact) mass is 435 g/mol. The highest BCUT2D eigenvalue weighted by molar-refractivity contribution is 7.99. The number of amides is 2.